The molecule has 2 nitrogen and oxygen atoms in total. The molecular formula is C39H37BN2. The van der Waals surface area contributed by atoms with Crippen molar-refractivity contribution in [3.8, 4) is 11.1 Å². The summed E-state index contributed by atoms with van der Waals surface area (Å²) in [5.41, 5.74) is 16.3. The summed E-state index contributed by atoms with van der Waals surface area (Å²) in [5.74, 6) is 0. The Balaban J connectivity index is 1.51. The number of aryl methyl sites for hydroxylation is 1. The summed E-state index contributed by atoms with van der Waals surface area (Å²) in [6, 6.07) is 40.9. The van der Waals surface area contributed by atoms with Crippen molar-refractivity contribution in [2.24, 2.45) is 0 Å². The number of nitrogens with zero attached hydrogens (tertiary/aromatic N) is 2. The molecule has 8 rings (SSSR count). The second-order valence-electron chi connectivity index (χ2n) is 13.8. The minimum Gasteiger partial charge on any atom is -0.376 e. The Bertz CT molecular complexity index is 1860. The van der Waals surface area contributed by atoms with Gasteiger partial charge in [0.15, 0.2) is 0 Å². The highest BCUT2D eigenvalue weighted by molar-refractivity contribution is 6.93. The lowest BCUT2D eigenvalue weighted by Gasteiger charge is -2.48. The first kappa shape index (κ1) is 25.5. The fourth-order valence-electron chi connectivity index (χ4n) is 7.84. The maximum absolute atomic E-state index is 2.63. The van der Waals surface area contributed by atoms with E-state index in [1.807, 2.05) is 0 Å². The van der Waals surface area contributed by atoms with Crippen LogP contribution in [0.1, 0.15) is 57.2 Å². The van der Waals surface area contributed by atoms with E-state index >= 15 is 0 Å². The Morgan fingerprint density at radius 3 is 1.86 bits per heavy atom. The number of fused-ring (bicyclic) bond motifs is 5. The summed E-state index contributed by atoms with van der Waals surface area (Å²) < 4.78 is 0. The number of hydrogen-bond acceptors (Lipinski definition) is 2. The van der Waals surface area contributed by atoms with Crippen LogP contribution >= 0.6 is 0 Å². The van der Waals surface area contributed by atoms with Gasteiger partial charge in [0.05, 0.1) is 0 Å². The molecule has 1 aliphatic carbocycles. The van der Waals surface area contributed by atoms with E-state index < -0.39 is 0 Å². The van der Waals surface area contributed by atoms with Gasteiger partial charge in [-0.15, -0.1) is 0 Å². The third kappa shape index (κ3) is 3.59. The summed E-state index contributed by atoms with van der Waals surface area (Å²) >= 11 is 0. The van der Waals surface area contributed by atoms with E-state index in [0.717, 1.165) is 0 Å². The van der Waals surface area contributed by atoms with Crippen molar-refractivity contribution < 1.29 is 0 Å². The van der Waals surface area contributed by atoms with Gasteiger partial charge in [0, 0.05) is 34.0 Å². The van der Waals surface area contributed by atoms with Crippen LogP contribution < -0.4 is 20.6 Å². The minimum absolute atomic E-state index is 0.0689. The van der Waals surface area contributed by atoms with Gasteiger partial charge in [-0.05, 0) is 112 Å². The van der Waals surface area contributed by atoms with E-state index in [1.165, 1.54) is 80.0 Å². The van der Waals surface area contributed by atoms with E-state index in [2.05, 4.69) is 154 Å². The number of para-hydroxylation sites is 3. The van der Waals surface area contributed by atoms with Gasteiger partial charge < -0.3 is 9.71 Å². The van der Waals surface area contributed by atoms with Gasteiger partial charge in [-0.25, -0.2) is 0 Å². The number of hydrogen-bond donors (Lipinski definition) is 0. The molecule has 0 bridgehead atoms. The maximum atomic E-state index is 2.63. The smallest absolute Gasteiger partial charge is 0.333 e. The van der Waals surface area contributed by atoms with Gasteiger partial charge in [0.1, 0.15) is 0 Å². The first-order chi connectivity index (χ1) is 20.2. The van der Waals surface area contributed by atoms with Crippen molar-refractivity contribution >= 4 is 46.2 Å². The minimum atomic E-state index is 0.0689. The van der Waals surface area contributed by atoms with Gasteiger partial charge in [0.25, 0.3) is 0 Å². The quantitative estimate of drug-likeness (QED) is 0.205. The summed E-state index contributed by atoms with van der Waals surface area (Å²) in [4.78, 5) is 5.12. The van der Waals surface area contributed by atoms with Crippen molar-refractivity contribution in [3.63, 3.8) is 0 Å². The normalized spacial score (nSPS) is 17.2. The maximum Gasteiger partial charge on any atom is 0.333 e. The molecule has 0 aromatic heterocycles. The predicted octanol–water partition coefficient (Wildman–Crippen LogP) is 9.05. The van der Waals surface area contributed by atoms with Crippen molar-refractivity contribution in [3.05, 3.63) is 126 Å². The zero-order chi connectivity index (χ0) is 28.8. The van der Waals surface area contributed by atoms with E-state index in [0.29, 0.717) is 0 Å². The molecule has 5 aromatic carbocycles. The molecule has 0 saturated heterocycles. The molecule has 42 heavy (non-hydrogen) atoms. The van der Waals surface area contributed by atoms with Crippen LogP contribution in [0.25, 0.3) is 11.1 Å². The molecule has 3 aliphatic rings. The predicted molar refractivity (Wildman–Crippen MR) is 180 cm³/mol. The Morgan fingerprint density at radius 1 is 0.571 bits per heavy atom. The van der Waals surface area contributed by atoms with Gasteiger partial charge >= 0.3 is 6.85 Å². The third-order valence-corrected chi connectivity index (χ3v) is 10.1. The Hall–Kier alpha value is -4.24. The largest absolute Gasteiger partial charge is 0.376 e. The molecule has 0 N–H and O–H groups in total. The molecule has 0 saturated carbocycles. The summed E-state index contributed by atoms with van der Waals surface area (Å²) in [7, 11) is 0. The Morgan fingerprint density at radius 2 is 1.17 bits per heavy atom. The SMILES string of the molecule is Cc1cc2c3c(c1)N(c1ccccc1)c1ccccc1B3N(c1ccccc1)c1cc3c(cc1-2)C(C)(C)CCC3(C)C. The van der Waals surface area contributed by atoms with E-state index in [1.54, 1.807) is 0 Å². The Labute approximate surface area is 250 Å². The molecule has 206 valence electrons. The van der Waals surface area contributed by atoms with Crippen LogP contribution in [-0.4, -0.2) is 6.85 Å². The van der Waals surface area contributed by atoms with Crippen LogP contribution in [0.5, 0.6) is 0 Å². The lowest BCUT2D eigenvalue weighted by Crippen LogP contribution is -2.61. The topological polar surface area (TPSA) is 6.48 Å². The van der Waals surface area contributed by atoms with Gasteiger partial charge in [-0.2, -0.15) is 0 Å². The first-order valence-corrected chi connectivity index (χ1v) is 15.4. The van der Waals surface area contributed by atoms with E-state index in [9.17, 15) is 0 Å². The molecular weight excluding hydrogens is 507 g/mol. The highest BCUT2D eigenvalue weighted by atomic mass is 15.2. The van der Waals surface area contributed by atoms with Crippen LogP contribution in [0, 0.1) is 6.92 Å². The third-order valence-electron chi connectivity index (χ3n) is 10.1. The summed E-state index contributed by atoms with van der Waals surface area (Å²) in [5, 5.41) is 0. The average Bonchev–Trinajstić information content (AvgIpc) is 3.00. The van der Waals surface area contributed by atoms with Gasteiger partial charge in [-0.1, -0.05) is 88.4 Å². The molecule has 3 heteroatoms. The van der Waals surface area contributed by atoms with Crippen molar-refractivity contribution in [1.29, 1.82) is 0 Å². The van der Waals surface area contributed by atoms with Crippen LogP contribution in [0.3, 0.4) is 0 Å². The molecule has 0 amide bonds. The molecule has 0 fully saturated rings. The van der Waals surface area contributed by atoms with Gasteiger partial charge in [-0.3, -0.25) is 0 Å². The van der Waals surface area contributed by atoms with Gasteiger partial charge in [0.2, 0.25) is 0 Å². The Kier molecular flexibility index (Phi) is 5.39. The van der Waals surface area contributed by atoms with Crippen LogP contribution in [0.2, 0.25) is 0 Å². The highest BCUT2D eigenvalue weighted by Gasteiger charge is 2.46. The van der Waals surface area contributed by atoms with Crippen molar-refractivity contribution in [1.82, 2.24) is 0 Å². The lowest BCUT2D eigenvalue weighted by molar-refractivity contribution is 0.332. The number of anilines is 5. The molecule has 5 aromatic rings. The van der Waals surface area contributed by atoms with Crippen LogP contribution in [0.4, 0.5) is 28.4 Å². The van der Waals surface area contributed by atoms with E-state index in [-0.39, 0.29) is 17.7 Å². The zero-order valence-corrected chi connectivity index (χ0v) is 25.3. The van der Waals surface area contributed by atoms with Crippen molar-refractivity contribution in [2.75, 3.05) is 9.71 Å². The van der Waals surface area contributed by atoms with E-state index in [4.69, 9.17) is 0 Å². The number of rotatable bonds is 2. The monoisotopic (exact) mass is 544 g/mol. The van der Waals surface area contributed by atoms with Crippen molar-refractivity contribution in [2.45, 2.75) is 58.3 Å². The summed E-state index contributed by atoms with van der Waals surface area (Å²) in [6.07, 6.45) is 2.41. The molecule has 0 radical (unpaired) electrons. The molecule has 2 heterocycles. The van der Waals surface area contributed by atoms with Crippen LogP contribution in [-0.2, 0) is 10.8 Å². The van der Waals surface area contributed by atoms with Crippen LogP contribution in [0.15, 0.2) is 109 Å². The number of benzene rings is 5. The highest BCUT2D eigenvalue weighted by Crippen LogP contribution is 2.52. The fourth-order valence-corrected chi connectivity index (χ4v) is 7.84. The second kappa shape index (κ2) is 8.88. The molecule has 0 atom stereocenters. The fraction of sp³-hybridized carbons (Fsp3) is 0.231. The second-order valence-corrected chi connectivity index (χ2v) is 13.8. The standard InChI is InChI=1S/C39H37BN2/c1-26-22-30-29-24-31-32(39(4,5)21-20-38(31,2)3)25-35(29)42(28-16-10-7-11-17-28)40-33-18-12-13-19-34(33)41(36(23-26)37(30)40)27-14-8-6-9-15-27/h6-19,22-25H,20-21H2,1-5H3. The average molecular weight is 545 g/mol. The molecule has 2 aliphatic heterocycles. The zero-order valence-electron chi connectivity index (χ0n) is 25.3. The lowest BCUT2D eigenvalue weighted by atomic mass is 9.43. The molecule has 0 unspecified atom stereocenters. The summed E-state index contributed by atoms with van der Waals surface area (Å²) in [6.45, 7) is 12.1. The molecule has 0 spiro atoms. The first-order valence-electron chi connectivity index (χ1n) is 15.4.